The summed E-state index contributed by atoms with van der Waals surface area (Å²) >= 11 is 3.49. The van der Waals surface area contributed by atoms with E-state index in [0.717, 1.165) is 27.2 Å². The maximum Gasteiger partial charge on any atom is 0.279 e. The second-order valence-electron chi connectivity index (χ2n) is 6.27. The molecule has 23 heavy (non-hydrogen) atoms. The molecular formula is C19H24BrN2O+. The number of amides is 1. The van der Waals surface area contributed by atoms with Crippen molar-refractivity contribution >= 4 is 27.5 Å². The Morgan fingerprint density at radius 1 is 1.09 bits per heavy atom. The van der Waals surface area contributed by atoms with E-state index in [1.165, 1.54) is 16.7 Å². The van der Waals surface area contributed by atoms with Crippen molar-refractivity contribution < 1.29 is 9.69 Å². The fraction of sp³-hybridized carbons (Fsp3) is 0.316. The van der Waals surface area contributed by atoms with Crippen molar-refractivity contribution in [2.75, 3.05) is 18.9 Å². The Kier molecular flexibility index (Phi) is 5.97. The van der Waals surface area contributed by atoms with E-state index in [1.54, 1.807) is 0 Å². The van der Waals surface area contributed by atoms with Gasteiger partial charge in [0, 0.05) is 10.0 Å². The van der Waals surface area contributed by atoms with E-state index >= 15 is 0 Å². The number of halogens is 1. The number of carbonyl (C=O) groups is 1. The van der Waals surface area contributed by atoms with Crippen LogP contribution in [0, 0.1) is 20.8 Å². The van der Waals surface area contributed by atoms with Crippen LogP contribution in [0.5, 0.6) is 0 Å². The first-order valence-electron chi connectivity index (χ1n) is 7.78. The number of aryl methyl sites for hydroxylation is 3. The Balaban J connectivity index is 1.94. The lowest BCUT2D eigenvalue weighted by molar-refractivity contribution is -0.885. The third-order valence-electron chi connectivity index (χ3n) is 3.85. The molecular weight excluding hydrogens is 352 g/mol. The van der Waals surface area contributed by atoms with E-state index in [2.05, 4.69) is 53.3 Å². The molecule has 1 atom stereocenters. The molecule has 0 aliphatic rings. The quantitative estimate of drug-likeness (QED) is 0.827. The molecule has 2 rings (SSSR count). The molecule has 0 aromatic heterocycles. The van der Waals surface area contributed by atoms with Gasteiger partial charge in [-0.2, -0.15) is 0 Å². The number of likely N-dealkylation sites (N-methyl/N-ethyl adjacent to an activating group) is 1. The van der Waals surface area contributed by atoms with Gasteiger partial charge in [-0.05, 0) is 60.0 Å². The first-order chi connectivity index (χ1) is 10.8. The smallest absolute Gasteiger partial charge is 0.279 e. The van der Waals surface area contributed by atoms with Gasteiger partial charge in [0.05, 0.1) is 12.7 Å². The van der Waals surface area contributed by atoms with Crippen LogP contribution < -0.4 is 10.2 Å². The van der Waals surface area contributed by atoms with Gasteiger partial charge in [0.25, 0.3) is 5.91 Å². The lowest BCUT2D eigenvalue weighted by atomic mass is 10.1. The maximum absolute atomic E-state index is 12.2. The summed E-state index contributed by atoms with van der Waals surface area (Å²) in [6.07, 6.45) is 0. The number of rotatable bonds is 5. The van der Waals surface area contributed by atoms with Crippen LogP contribution in [0.1, 0.15) is 22.3 Å². The highest BCUT2D eigenvalue weighted by molar-refractivity contribution is 9.10. The van der Waals surface area contributed by atoms with Crippen LogP contribution in [0.15, 0.2) is 40.9 Å². The average Bonchev–Trinajstić information content (AvgIpc) is 2.45. The molecule has 0 bridgehead atoms. The highest BCUT2D eigenvalue weighted by Gasteiger charge is 2.13. The fourth-order valence-corrected chi connectivity index (χ4v) is 3.21. The topological polar surface area (TPSA) is 33.5 Å². The number of anilines is 1. The van der Waals surface area contributed by atoms with Gasteiger partial charge in [-0.3, -0.25) is 4.79 Å². The van der Waals surface area contributed by atoms with Crippen molar-refractivity contribution in [2.24, 2.45) is 0 Å². The summed E-state index contributed by atoms with van der Waals surface area (Å²) in [7, 11) is 2.04. The molecule has 4 heteroatoms. The first-order valence-corrected chi connectivity index (χ1v) is 8.58. The highest BCUT2D eigenvalue weighted by atomic mass is 79.9. The van der Waals surface area contributed by atoms with Crippen molar-refractivity contribution in [1.82, 2.24) is 0 Å². The summed E-state index contributed by atoms with van der Waals surface area (Å²) in [6, 6.07) is 12.4. The van der Waals surface area contributed by atoms with Gasteiger partial charge in [0.1, 0.15) is 6.54 Å². The Hall–Kier alpha value is -1.65. The van der Waals surface area contributed by atoms with Crippen molar-refractivity contribution in [3.05, 3.63) is 63.1 Å². The van der Waals surface area contributed by atoms with Crippen LogP contribution >= 0.6 is 15.9 Å². The monoisotopic (exact) mass is 375 g/mol. The van der Waals surface area contributed by atoms with E-state index in [0.29, 0.717) is 6.54 Å². The van der Waals surface area contributed by atoms with Crippen molar-refractivity contribution in [2.45, 2.75) is 27.3 Å². The Bertz CT molecular complexity index is 713. The molecule has 0 heterocycles. The minimum atomic E-state index is 0.0248. The summed E-state index contributed by atoms with van der Waals surface area (Å²) in [4.78, 5) is 13.4. The Morgan fingerprint density at radius 3 is 2.39 bits per heavy atom. The molecule has 0 spiro atoms. The summed E-state index contributed by atoms with van der Waals surface area (Å²) in [5.74, 6) is 0.0248. The summed E-state index contributed by atoms with van der Waals surface area (Å²) in [5.41, 5.74) is 5.82. The molecule has 0 saturated heterocycles. The van der Waals surface area contributed by atoms with E-state index in [9.17, 15) is 4.79 Å². The van der Waals surface area contributed by atoms with Gasteiger partial charge in [0.15, 0.2) is 6.54 Å². The van der Waals surface area contributed by atoms with E-state index in [-0.39, 0.29) is 5.91 Å². The zero-order valence-electron chi connectivity index (χ0n) is 14.2. The molecule has 2 aromatic carbocycles. The van der Waals surface area contributed by atoms with Crippen LogP contribution in [-0.4, -0.2) is 19.5 Å². The van der Waals surface area contributed by atoms with Gasteiger partial charge in [-0.15, -0.1) is 0 Å². The molecule has 0 aliphatic carbocycles. The fourth-order valence-electron chi connectivity index (χ4n) is 2.62. The van der Waals surface area contributed by atoms with E-state index < -0.39 is 0 Å². The molecule has 2 aromatic rings. The zero-order valence-corrected chi connectivity index (χ0v) is 15.8. The molecule has 0 saturated carbocycles. The van der Waals surface area contributed by atoms with E-state index in [1.807, 2.05) is 32.2 Å². The van der Waals surface area contributed by atoms with Crippen LogP contribution in [0.3, 0.4) is 0 Å². The van der Waals surface area contributed by atoms with Crippen LogP contribution in [0.4, 0.5) is 5.69 Å². The predicted octanol–water partition coefficient (Wildman–Crippen LogP) is 3.03. The number of carbonyl (C=O) groups excluding carboxylic acids is 1. The summed E-state index contributed by atoms with van der Waals surface area (Å²) in [5, 5.41) is 2.97. The van der Waals surface area contributed by atoms with Gasteiger partial charge in [0.2, 0.25) is 0 Å². The molecule has 3 nitrogen and oxygen atoms in total. The number of nitrogens with one attached hydrogen (secondary N) is 2. The SMILES string of the molecule is Cc1ccc(C[NH+](C)CC(=O)Nc2ccc(C)cc2Br)c(C)c1. The minimum Gasteiger partial charge on any atom is -0.326 e. The average molecular weight is 376 g/mol. The normalized spacial score (nSPS) is 12.0. The summed E-state index contributed by atoms with van der Waals surface area (Å²) in [6.45, 7) is 7.53. The van der Waals surface area contributed by atoms with Gasteiger partial charge in [-0.25, -0.2) is 0 Å². The predicted molar refractivity (Wildman–Crippen MR) is 98.9 cm³/mol. The summed E-state index contributed by atoms with van der Waals surface area (Å²) < 4.78 is 0.915. The first kappa shape index (κ1) is 17.7. The third kappa shape index (κ3) is 5.19. The molecule has 1 amide bonds. The van der Waals surface area contributed by atoms with E-state index in [4.69, 9.17) is 0 Å². The Labute approximate surface area is 146 Å². The molecule has 2 N–H and O–H groups in total. The molecule has 0 aliphatic heterocycles. The number of hydrogen-bond acceptors (Lipinski definition) is 1. The van der Waals surface area contributed by atoms with Crippen molar-refractivity contribution in [3.8, 4) is 0 Å². The number of benzene rings is 2. The van der Waals surface area contributed by atoms with Gasteiger partial charge < -0.3 is 10.2 Å². The molecule has 0 radical (unpaired) electrons. The second kappa shape index (κ2) is 7.75. The van der Waals surface area contributed by atoms with Crippen LogP contribution in [0.25, 0.3) is 0 Å². The Morgan fingerprint density at radius 2 is 1.74 bits per heavy atom. The highest BCUT2D eigenvalue weighted by Crippen LogP contribution is 2.23. The standard InChI is InChI=1S/C19H23BrN2O/c1-13-5-7-16(15(3)9-13)11-22(4)12-19(23)21-18-8-6-14(2)10-17(18)20/h5-10H,11-12H2,1-4H3,(H,21,23)/p+1. The number of quaternary nitrogens is 1. The van der Waals surface area contributed by atoms with Gasteiger partial charge in [-0.1, -0.05) is 29.8 Å². The molecule has 1 unspecified atom stereocenters. The van der Waals surface area contributed by atoms with Crippen LogP contribution in [-0.2, 0) is 11.3 Å². The largest absolute Gasteiger partial charge is 0.326 e. The van der Waals surface area contributed by atoms with Crippen LogP contribution in [0.2, 0.25) is 0 Å². The number of hydrogen-bond donors (Lipinski definition) is 2. The molecule has 0 fully saturated rings. The van der Waals surface area contributed by atoms with Crippen molar-refractivity contribution in [1.29, 1.82) is 0 Å². The zero-order chi connectivity index (χ0) is 17.0. The maximum atomic E-state index is 12.2. The molecule has 122 valence electrons. The van der Waals surface area contributed by atoms with Gasteiger partial charge >= 0.3 is 0 Å². The van der Waals surface area contributed by atoms with Crippen molar-refractivity contribution in [3.63, 3.8) is 0 Å². The lowest BCUT2D eigenvalue weighted by Crippen LogP contribution is -3.08. The second-order valence-corrected chi connectivity index (χ2v) is 7.13. The lowest BCUT2D eigenvalue weighted by Gasteiger charge is -2.16. The minimum absolute atomic E-state index is 0.0248. The third-order valence-corrected chi connectivity index (χ3v) is 4.51.